The summed E-state index contributed by atoms with van der Waals surface area (Å²) in [5.41, 5.74) is 11.2. The number of halogens is 1. The fourth-order valence-corrected chi connectivity index (χ4v) is 5.01. The molecule has 0 bridgehead atoms. The van der Waals surface area contributed by atoms with Crippen LogP contribution < -0.4 is 11.1 Å². The van der Waals surface area contributed by atoms with Crippen LogP contribution in [0, 0.1) is 11.8 Å². The summed E-state index contributed by atoms with van der Waals surface area (Å²) in [5.74, 6) is -0.216. The van der Waals surface area contributed by atoms with E-state index in [4.69, 9.17) is 17.3 Å². The molecule has 3 aromatic heterocycles. The number of nitrogens with zero attached hydrogens (tertiary/aromatic N) is 5. The van der Waals surface area contributed by atoms with Crippen LogP contribution in [0.25, 0.3) is 22.6 Å². The minimum atomic E-state index is -0.524. The molecule has 1 aliphatic heterocycles. The second-order valence-electron chi connectivity index (χ2n) is 9.17. The zero-order chi connectivity index (χ0) is 24.7. The molecule has 5 rings (SSSR count). The number of carbonyl (C=O) groups is 2. The van der Waals surface area contributed by atoms with Crippen molar-refractivity contribution in [2.75, 3.05) is 18.4 Å². The van der Waals surface area contributed by atoms with Crippen LogP contribution in [0.15, 0.2) is 36.5 Å². The Labute approximate surface area is 207 Å². The molecule has 0 unspecified atom stereocenters. The quantitative estimate of drug-likeness (QED) is 0.467. The second-order valence-corrected chi connectivity index (χ2v) is 9.58. The van der Waals surface area contributed by atoms with Crippen molar-refractivity contribution < 1.29 is 9.59 Å². The largest absolute Gasteiger partial charge is 0.378 e. The Morgan fingerprint density at radius 2 is 2.03 bits per heavy atom. The number of rotatable bonds is 5. The zero-order valence-corrected chi connectivity index (χ0v) is 20.3. The predicted molar refractivity (Wildman–Crippen MR) is 133 cm³/mol. The molecular formula is C24H27ClN8O2. The minimum Gasteiger partial charge on any atom is -0.378 e. The van der Waals surface area contributed by atoms with Crippen LogP contribution in [0.2, 0.25) is 5.02 Å². The highest BCUT2D eigenvalue weighted by atomic mass is 35.5. The van der Waals surface area contributed by atoms with E-state index in [0.29, 0.717) is 27.7 Å². The number of nitrogens with two attached hydrogens (primary N) is 1. The first-order valence-electron chi connectivity index (χ1n) is 11.6. The van der Waals surface area contributed by atoms with Crippen LogP contribution in [-0.4, -0.2) is 60.6 Å². The van der Waals surface area contributed by atoms with Gasteiger partial charge >= 0.3 is 0 Å². The maximum absolute atomic E-state index is 12.0. The average Bonchev–Trinajstić information content (AvgIpc) is 3.49. The van der Waals surface area contributed by atoms with E-state index in [1.54, 1.807) is 25.4 Å². The van der Waals surface area contributed by atoms with Crippen LogP contribution in [0.3, 0.4) is 0 Å². The number of primary amides is 1. The topological polar surface area (TPSA) is 135 Å². The number of carbonyl (C=O) groups excluding carboxylic acids is 2. The van der Waals surface area contributed by atoms with E-state index in [1.165, 1.54) is 0 Å². The molecule has 3 aromatic rings. The highest BCUT2D eigenvalue weighted by molar-refractivity contribution is 6.34. The Morgan fingerprint density at radius 3 is 2.74 bits per heavy atom. The molecule has 2 amide bonds. The molecule has 182 valence electrons. The van der Waals surface area contributed by atoms with Crippen molar-refractivity contribution in [1.82, 2.24) is 29.6 Å². The van der Waals surface area contributed by atoms with Gasteiger partial charge in [0.05, 0.1) is 40.6 Å². The average molecular weight is 495 g/mol. The first kappa shape index (κ1) is 23.1. The van der Waals surface area contributed by atoms with Gasteiger partial charge in [-0.15, -0.1) is 5.73 Å². The first-order chi connectivity index (χ1) is 16.8. The molecule has 0 saturated carbocycles. The van der Waals surface area contributed by atoms with Crippen LogP contribution in [0.1, 0.15) is 32.7 Å². The highest BCUT2D eigenvalue weighted by Crippen LogP contribution is 2.34. The standard InChI is InChI=1S/C24H27ClN8O2/c1-13-4-3-5-17(22(26)35)19(13)29-20-18(25)11-27-24-21(20)30-23(31-24)15-10-28-33(12-15)16-6-8-32(9-7-16)14(2)34/h4-5,10-13,16-17,19H,6-9H2,1-2H3,(H2,26,35)(H2,27,29,30,31)/t13-,17+,19-/m1/s1. The van der Waals surface area contributed by atoms with Crippen molar-refractivity contribution in [2.24, 2.45) is 17.6 Å². The van der Waals surface area contributed by atoms with E-state index in [-0.39, 0.29) is 23.9 Å². The number of aromatic nitrogens is 5. The number of fused-ring (bicyclic) bond motifs is 1. The van der Waals surface area contributed by atoms with Crippen LogP contribution in [0.5, 0.6) is 0 Å². The zero-order valence-electron chi connectivity index (χ0n) is 19.5. The maximum atomic E-state index is 12.0. The lowest BCUT2D eigenvalue weighted by atomic mass is 9.85. The van der Waals surface area contributed by atoms with Gasteiger partial charge < -0.3 is 20.9 Å². The van der Waals surface area contributed by atoms with E-state index in [0.717, 1.165) is 31.5 Å². The van der Waals surface area contributed by atoms with Crippen molar-refractivity contribution in [2.45, 2.75) is 38.8 Å². The number of amides is 2. The van der Waals surface area contributed by atoms with Crippen LogP contribution >= 0.6 is 11.6 Å². The maximum Gasteiger partial charge on any atom is 0.227 e. The molecule has 35 heavy (non-hydrogen) atoms. The number of imidazole rings is 1. The van der Waals surface area contributed by atoms with Crippen molar-refractivity contribution >= 4 is 40.3 Å². The smallest absolute Gasteiger partial charge is 0.227 e. The highest BCUT2D eigenvalue weighted by Gasteiger charge is 2.31. The Hall–Kier alpha value is -3.62. The van der Waals surface area contributed by atoms with E-state index in [1.807, 2.05) is 28.8 Å². The summed E-state index contributed by atoms with van der Waals surface area (Å²) in [6.45, 7) is 5.06. The van der Waals surface area contributed by atoms with E-state index >= 15 is 0 Å². The Kier molecular flexibility index (Phi) is 6.08. The van der Waals surface area contributed by atoms with Gasteiger partial charge in [0.25, 0.3) is 0 Å². The van der Waals surface area contributed by atoms with Gasteiger partial charge in [0.2, 0.25) is 11.8 Å². The first-order valence-corrected chi connectivity index (χ1v) is 12.0. The van der Waals surface area contributed by atoms with Gasteiger partial charge in [-0.05, 0) is 25.0 Å². The predicted octanol–water partition coefficient (Wildman–Crippen LogP) is 2.90. The van der Waals surface area contributed by atoms with Gasteiger partial charge in [-0.25, -0.2) is 9.97 Å². The number of pyridine rings is 1. The number of hydrogen-bond donors (Lipinski definition) is 3. The number of hydrogen-bond acceptors (Lipinski definition) is 6. The molecule has 0 radical (unpaired) electrons. The molecule has 4 heterocycles. The third kappa shape index (κ3) is 4.42. The Balaban J connectivity index is 1.41. The van der Waals surface area contributed by atoms with E-state index in [2.05, 4.69) is 31.1 Å². The Morgan fingerprint density at radius 1 is 1.26 bits per heavy atom. The van der Waals surface area contributed by atoms with Crippen molar-refractivity contribution in [3.05, 3.63) is 41.5 Å². The molecule has 0 aromatic carbocycles. The molecule has 1 saturated heterocycles. The Bertz CT molecular complexity index is 1350. The summed E-state index contributed by atoms with van der Waals surface area (Å²) in [6, 6.07) is -0.0552. The van der Waals surface area contributed by atoms with Gasteiger partial charge in [-0.3, -0.25) is 14.3 Å². The summed E-state index contributed by atoms with van der Waals surface area (Å²) in [4.78, 5) is 37.9. The molecular weight excluding hydrogens is 468 g/mol. The summed E-state index contributed by atoms with van der Waals surface area (Å²) in [5, 5.41) is 8.37. The molecule has 10 nitrogen and oxygen atoms in total. The van der Waals surface area contributed by atoms with Gasteiger partial charge in [0.1, 0.15) is 11.3 Å². The van der Waals surface area contributed by atoms with Crippen molar-refractivity contribution in [1.29, 1.82) is 0 Å². The van der Waals surface area contributed by atoms with Crippen molar-refractivity contribution in [3.63, 3.8) is 0 Å². The lowest BCUT2D eigenvalue weighted by Crippen LogP contribution is -2.42. The fraction of sp³-hybridized carbons (Fsp3) is 0.417. The third-order valence-electron chi connectivity index (χ3n) is 6.86. The number of aromatic amines is 1. The fourth-order valence-electron chi connectivity index (χ4n) is 4.81. The number of H-pyrrole nitrogens is 1. The van der Waals surface area contributed by atoms with Gasteiger partial charge in [0, 0.05) is 38.2 Å². The third-order valence-corrected chi connectivity index (χ3v) is 7.15. The lowest BCUT2D eigenvalue weighted by molar-refractivity contribution is -0.130. The normalized spacial score (nSPS) is 22.6. The second kappa shape index (κ2) is 9.20. The summed E-state index contributed by atoms with van der Waals surface area (Å²) >= 11 is 6.52. The summed E-state index contributed by atoms with van der Waals surface area (Å²) in [7, 11) is 0. The van der Waals surface area contributed by atoms with E-state index < -0.39 is 11.8 Å². The van der Waals surface area contributed by atoms with E-state index in [9.17, 15) is 9.59 Å². The number of piperidine rings is 1. The summed E-state index contributed by atoms with van der Waals surface area (Å²) < 4.78 is 1.94. The van der Waals surface area contributed by atoms with Crippen LogP contribution in [-0.2, 0) is 9.59 Å². The molecule has 4 N–H and O–H groups in total. The molecule has 11 heteroatoms. The van der Waals surface area contributed by atoms with Crippen LogP contribution in [0.4, 0.5) is 5.69 Å². The molecule has 1 fully saturated rings. The number of likely N-dealkylation sites (tertiary alicyclic amines) is 1. The monoisotopic (exact) mass is 494 g/mol. The van der Waals surface area contributed by atoms with Gasteiger partial charge in [0.15, 0.2) is 5.65 Å². The lowest BCUT2D eigenvalue weighted by Gasteiger charge is -2.31. The number of nitrogens with one attached hydrogen (secondary N) is 2. The SMILES string of the molecule is CC(=O)N1CCC(n2cc(-c3nc4ncc(Cl)c(N[C@@H]5[C@H](C)C=C=C[C@@H]5C(N)=O)c4[nH]3)cn2)CC1. The molecule has 2 aliphatic rings. The van der Waals surface area contributed by atoms with Gasteiger partial charge in [-0.2, -0.15) is 5.10 Å². The number of anilines is 1. The molecule has 3 atom stereocenters. The molecule has 0 spiro atoms. The summed E-state index contributed by atoms with van der Waals surface area (Å²) in [6.07, 6.45) is 10.6. The van der Waals surface area contributed by atoms with Crippen molar-refractivity contribution in [3.8, 4) is 11.4 Å². The molecule has 1 aliphatic carbocycles. The minimum absolute atomic E-state index is 0.00632. The van der Waals surface area contributed by atoms with Gasteiger partial charge in [-0.1, -0.05) is 18.5 Å².